The lowest BCUT2D eigenvalue weighted by Gasteiger charge is -2.13. The summed E-state index contributed by atoms with van der Waals surface area (Å²) >= 11 is 0. The summed E-state index contributed by atoms with van der Waals surface area (Å²) in [7, 11) is 0. The van der Waals surface area contributed by atoms with Crippen molar-refractivity contribution in [3.05, 3.63) is 77.6 Å². The highest BCUT2D eigenvalue weighted by atomic mass is 19.4. The lowest BCUT2D eigenvalue weighted by atomic mass is 10.1. The maximum Gasteiger partial charge on any atom is 0.418 e. The highest BCUT2D eigenvalue weighted by Crippen LogP contribution is 2.34. The number of hydrogen-bond donors (Lipinski definition) is 2. The summed E-state index contributed by atoms with van der Waals surface area (Å²) in [6.07, 6.45) is -3.48. The third kappa shape index (κ3) is 4.40. The van der Waals surface area contributed by atoms with Gasteiger partial charge in [0.05, 0.1) is 16.9 Å². The molecule has 0 aliphatic heterocycles. The molecule has 28 heavy (non-hydrogen) atoms. The minimum absolute atomic E-state index is 0.138. The van der Waals surface area contributed by atoms with Crippen molar-refractivity contribution in [3.8, 4) is 0 Å². The zero-order chi connectivity index (χ0) is 20.3. The van der Waals surface area contributed by atoms with Gasteiger partial charge in [0.2, 0.25) is 5.95 Å². The van der Waals surface area contributed by atoms with E-state index >= 15 is 0 Å². The number of aromatic nitrogens is 2. The van der Waals surface area contributed by atoms with Crippen LogP contribution in [0.5, 0.6) is 0 Å². The monoisotopic (exact) mass is 394 g/mol. The van der Waals surface area contributed by atoms with E-state index in [1.54, 1.807) is 0 Å². The van der Waals surface area contributed by atoms with Gasteiger partial charge in [0.25, 0.3) is 5.91 Å². The summed E-state index contributed by atoms with van der Waals surface area (Å²) < 4.78 is 65.7. The number of alkyl halides is 3. The molecule has 0 bridgehead atoms. The predicted octanol–water partition coefficient (Wildman–Crippen LogP) is 4.77. The van der Waals surface area contributed by atoms with Gasteiger partial charge in [-0.2, -0.15) is 13.2 Å². The average molecular weight is 394 g/mol. The second kappa shape index (κ2) is 7.59. The molecule has 0 fully saturated rings. The lowest BCUT2D eigenvalue weighted by molar-refractivity contribution is -0.136. The number of carbonyl (C=O) groups excluding carboxylic acids is 1. The van der Waals surface area contributed by atoms with E-state index in [1.807, 2.05) is 0 Å². The number of halogens is 5. The molecule has 0 saturated heterocycles. The quantitative estimate of drug-likeness (QED) is 0.626. The van der Waals surface area contributed by atoms with Crippen LogP contribution in [0.1, 0.15) is 16.1 Å². The summed E-state index contributed by atoms with van der Waals surface area (Å²) in [5.74, 6) is -2.79. The van der Waals surface area contributed by atoms with Crippen molar-refractivity contribution in [1.82, 2.24) is 9.97 Å². The van der Waals surface area contributed by atoms with Crippen LogP contribution in [0, 0.1) is 11.6 Å². The molecule has 0 unspecified atom stereocenters. The Kier molecular flexibility index (Phi) is 5.21. The van der Waals surface area contributed by atoms with Crippen LogP contribution in [0.3, 0.4) is 0 Å². The average Bonchev–Trinajstić information content (AvgIpc) is 2.64. The van der Waals surface area contributed by atoms with Crippen LogP contribution in [-0.4, -0.2) is 15.9 Å². The molecule has 10 heteroatoms. The van der Waals surface area contributed by atoms with Gasteiger partial charge < -0.3 is 10.6 Å². The summed E-state index contributed by atoms with van der Waals surface area (Å²) in [4.78, 5) is 19.9. The molecule has 0 atom stereocenters. The molecular formula is C18H11F5N4O. The lowest BCUT2D eigenvalue weighted by Crippen LogP contribution is -2.18. The van der Waals surface area contributed by atoms with Crippen molar-refractivity contribution in [2.45, 2.75) is 6.18 Å². The van der Waals surface area contributed by atoms with Crippen molar-refractivity contribution in [3.63, 3.8) is 0 Å². The molecule has 1 amide bonds. The summed E-state index contributed by atoms with van der Waals surface area (Å²) in [6.45, 7) is 0. The van der Waals surface area contributed by atoms with E-state index in [0.717, 1.165) is 24.3 Å². The number of hydrogen-bond acceptors (Lipinski definition) is 4. The Bertz CT molecular complexity index is 1020. The first kappa shape index (κ1) is 19.2. The van der Waals surface area contributed by atoms with Crippen LogP contribution < -0.4 is 10.6 Å². The fourth-order valence-corrected chi connectivity index (χ4v) is 2.28. The Morgan fingerprint density at radius 2 is 1.71 bits per heavy atom. The maximum absolute atomic E-state index is 13.7. The molecule has 0 aliphatic rings. The molecule has 0 spiro atoms. The van der Waals surface area contributed by atoms with Crippen molar-refractivity contribution >= 4 is 23.2 Å². The molecule has 3 aromatic rings. The highest BCUT2D eigenvalue weighted by Gasteiger charge is 2.33. The fraction of sp³-hybridized carbons (Fsp3) is 0.0556. The minimum atomic E-state index is -4.65. The van der Waals surface area contributed by atoms with Gasteiger partial charge in [-0.05, 0) is 30.3 Å². The largest absolute Gasteiger partial charge is 0.418 e. The molecule has 144 valence electrons. The zero-order valence-electron chi connectivity index (χ0n) is 13.9. The predicted molar refractivity (Wildman–Crippen MR) is 91.1 cm³/mol. The van der Waals surface area contributed by atoms with Gasteiger partial charge in [-0.15, -0.1) is 0 Å². The fourth-order valence-electron chi connectivity index (χ4n) is 2.28. The number of benzene rings is 2. The van der Waals surface area contributed by atoms with Gasteiger partial charge in [-0.1, -0.05) is 12.1 Å². The number of nitrogens with zero attached hydrogens (tertiary/aromatic N) is 2. The number of para-hydroxylation sites is 1. The molecule has 0 saturated carbocycles. The molecule has 2 aromatic carbocycles. The molecule has 3 rings (SSSR count). The summed E-state index contributed by atoms with van der Waals surface area (Å²) in [6, 6.07) is 8.42. The van der Waals surface area contributed by atoms with Crippen LogP contribution >= 0.6 is 0 Å². The van der Waals surface area contributed by atoms with Crippen LogP contribution in [0.2, 0.25) is 0 Å². The van der Waals surface area contributed by atoms with E-state index in [-0.39, 0.29) is 17.3 Å². The smallest absolute Gasteiger partial charge is 0.322 e. The third-order valence-electron chi connectivity index (χ3n) is 3.55. The molecule has 1 heterocycles. The Labute approximate surface area is 155 Å². The van der Waals surface area contributed by atoms with E-state index in [0.29, 0.717) is 6.07 Å². The Morgan fingerprint density at radius 3 is 2.43 bits per heavy atom. The number of rotatable bonds is 4. The highest BCUT2D eigenvalue weighted by molar-refractivity contribution is 6.03. The first-order chi connectivity index (χ1) is 13.2. The Hall–Kier alpha value is -3.56. The second-order valence-electron chi connectivity index (χ2n) is 5.51. The molecule has 0 aliphatic carbocycles. The Morgan fingerprint density at radius 1 is 0.964 bits per heavy atom. The molecule has 0 radical (unpaired) electrons. The van der Waals surface area contributed by atoms with Gasteiger partial charge in [0, 0.05) is 12.3 Å². The topological polar surface area (TPSA) is 66.9 Å². The van der Waals surface area contributed by atoms with E-state index in [4.69, 9.17) is 0 Å². The normalized spacial score (nSPS) is 11.2. The van der Waals surface area contributed by atoms with E-state index < -0.39 is 35.0 Å². The van der Waals surface area contributed by atoms with Gasteiger partial charge in [0.15, 0.2) is 0 Å². The van der Waals surface area contributed by atoms with Gasteiger partial charge in [0.1, 0.15) is 17.3 Å². The molecular weight excluding hydrogens is 383 g/mol. The zero-order valence-corrected chi connectivity index (χ0v) is 13.9. The first-order valence-electron chi connectivity index (χ1n) is 7.77. The van der Waals surface area contributed by atoms with Gasteiger partial charge >= 0.3 is 6.18 Å². The van der Waals surface area contributed by atoms with Crippen molar-refractivity contribution in [1.29, 1.82) is 0 Å². The van der Waals surface area contributed by atoms with Crippen molar-refractivity contribution in [2.75, 3.05) is 10.6 Å². The molecule has 2 N–H and O–H groups in total. The van der Waals surface area contributed by atoms with E-state index in [2.05, 4.69) is 20.6 Å². The third-order valence-corrected chi connectivity index (χ3v) is 3.55. The standard InChI is InChI=1S/C18H11F5N4O/c19-10-5-6-14(12(20)9-10)26-17-24-8-7-15(27-17)16(28)25-13-4-2-1-3-11(13)18(21,22)23/h1-9H,(H,25,28)(H,24,26,27). The second-order valence-corrected chi connectivity index (χ2v) is 5.51. The van der Waals surface area contributed by atoms with Crippen LogP contribution in [0.4, 0.5) is 39.3 Å². The number of amides is 1. The van der Waals surface area contributed by atoms with Gasteiger partial charge in [-0.3, -0.25) is 4.79 Å². The number of carbonyl (C=O) groups is 1. The number of anilines is 3. The van der Waals surface area contributed by atoms with Crippen LogP contribution in [-0.2, 0) is 6.18 Å². The maximum atomic E-state index is 13.7. The molecule has 5 nitrogen and oxygen atoms in total. The molecule has 1 aromatic heterocycles. The van der Waals surface area contributed by atoms with Gasteiger partial charge in [-0.25, -0.2) is 18.7 Å². The summed E-state index contributed by atoms with van der Waals surface area (Å²) in [5, 5.41) is 4.61. The van der Waals surface area contributed by atoms with Crippen molar-refractivity contribution < 1.29 is 26.7 Å². The first-order valence-corrected chi connectivity index (χ1v) is 7.77. The minimum Gasteiger partial charge on any atom is -0.322 e. The van der Waals surface area contributed by atoms with Crippen LogP contribution in [0.25, 0.3) is 0 Å². The van der Waals surface area contributed by atoms with E-state index in [1.165, 1.54) is 24.4 Å². The SMILES string of the molecule is O=C(Nc1ccccc1C(F)(F)F)c1ccnc(Nc2ccc(F)cc2F)n1. The van der Waals surface area contributed by atoms with Crippen LogP contribution in [0.15, 0.2) is 54.7 Å². The number of nitrogens with one attached hydrogen (secondary N) is 2. The Balaban J connectivity index is 1.82. The van der Waals surface area contributed by atoms with Crippen molar-refractivity contribution in [2.24, 2.45) is 0 Å². The summed E-state index contributed by atoms with van der Waals surface area (Å²) in [5.41, 5.74) is -1.83. The van der Waals surface area contributed by atoms with E-state index in [9.17, 15) is 26.7 Å².